The van der Waals surface area contributed by atoms with Crippen molar-refractivity contribution in [1.29, 1.82) is 0 Å². The summed E-state index contributed by atoms with van der Waals surface area (Å²) in [5.41, 5.74) is 6.99. The Kier molecular flexibility index (Phi) is 5.92. The predicted octanol–water partition coefficient (Wildman–Crippen LogP) is 3.80. The van der Waals surface area contributed by atoms with Crippen molar-refractivity contribution in [3.63, 3.8) is 0 Å². The van der Waals surface area contributed by atoms with Crippen LogP contribution in [0.5, 0.6) is 5.88 Å². The molecule has 1 aromatic carbocycles. The highest BCUT2D eigenvalue weighted by Gasteiger charge is 2.49. The van der Waals surface area contributed by atoms with E-state index in [2.05, 4.69) is 19.5 Å². The number of halogens is 1. The zero-order valence-electron chi connectivity index (χ0n) is 19.7. The maximum Gasteiger partial charge on any atom is 0.232 e. The molecule has 1 aliphatic rings. The number of hydrogen-bond donors (Lipinski definition) is 1. The normalized spacial score (nSPS) is 23.9. The van der Waals surface area contributed by atoms with E-state index >= 15 is 4.39 Å². The molecule has 3 aromatic rings. The minimum Gasteiger partial charge on any atom is -0.480 e. The number of aliphatic imine (C=N–C) groups is 1. The van der Waals surface area contributed by atoms with Gasteiger partial charge in [-0.15, -0.1) is 0 Å². The smallest absolute Gasteiger partial charge is 0.232 e. The minimum atomic E-state index is -2.81. The van der Waals surface area contributed by atoms with E-state index in [4.69, 9.17) is 20.0 Å². The Labute approximate surface area is 197 Å². The third-order valence-corrected chi connectivity index (χ3v) is 9.69. The van der Waals surface area contributed by atoms with Gasteiger partial charge in [0.25, 0.3) is 0 Å². The molecule has 0 aliphatic carbocycles. The lowest BCUT2D eigenvalue weighted by molar-refractivity contribution is 0.395. The molecule has 34 heavy (non-hydrogen) atoms. The van der Waals surface area contributed by atoms with Crippen molar-refractivity contribution < 1.29 is 17.9 Å². The summed E-state index contributed by atoms with van der Waals surface area (Å²) in [6.07, 6.45) is 3.39. The van der Waals surface area contributed by atoms with Crippen LogP contribution in [-0.4, -0.2) is 49.8 Å². The zero-order chi connectivity index (χ0) is 24.7. The summed E-state index contributed by atoms with van der Waals surface area (Å²) in [5.74, 6) is 0.575. The number of rotatable bonds is 5. The highest BCUT2D eigenvalue weighted by atomic mass is 32.2. The fourth-order valence-electron chi connectivity index (χ4n) is 3.99. The lowest BCUT2D eigenvalue weighted by atomic mass is 9.87. The summed E-state index contributed by atoms with van der Waals surface area (Å²) in [5, 5.41) is 4.07. The Morgan fingerprint density at radius 3 is 2.62 bits per heavy atom. The molecule has 180 valence electrons. The second kappa shape index (κ2) is 8.46. The average molecular weight is 487 g/mol. The first-order chi connectivity index (χ1) is 16.1. The van der Waals surface area contributed by atoms with E-state index in [0.29, 0.717) is 35.0 Å². The third kappa shape index (κ3) is 3.73. The molecule has 9 nitrogen and oxygen atoms in total. The van der Waals surface area contributed by atoms with Crippen LogP contribution in [0.4, 0.5) is 4.39 Å². The first kappa shape index (κ1) is 23.8. The van der Waals surface area contributed by atoms with Gasteiger partial charge >= 0.3 is 0 Å². The van der Waals surface area contributed by atoms with Crippen LogP contribution < -0.4 is 10.5 Å². The SMILES string of the molecule is CC[C@@]1(c2cc(-c3cc(-c4cnc(OC)cn4)no3)ccc2F)CS(=O)(=NC)C(C)(C)C(N)=N1. The Morgan fingerprint density at radius 1 is 1.24 bits per heavy atom. The lowest BCUT2D eigenvalue weighted by Crippen LogP contribution is -2.55. The summed E-state index contributed by atoms with van der Waals surface area (Å²) >= 11 is 0. The van der Waals surface area contributed by atoms with Crippen molar-refractivity contribution in [3.05, 3.63) is 48.0 Å². The first-order valence-corrected chi connectivity index (χ1v) is 12.4. The van der Waals surface area contributed by atoms with Crippen LogP contribution >= 0.6 is 0 Å². The topological polar surface area (TPSA) is 129 Å². The molecule has 0 saturated carbocycles. The molecule has 0 bridgehead atoms. The van der Waals surface area contributed by atoms with Gasteiger partial charge in [-0.25, -0.2) is 22.9 Å². The standard InChI is InChI=1S/C23H27FN6O3S/c1-6-23(13-34(31,26-4)22(2,3)21(25)29-23)15-9-14(7-8-16(15)24)19-10-17(30-33-19)18-11-28-20(32-5)12-27-18/h7-12H,6,13H2,1-5H3,(H2,25,29)/t23-,34?/m0/s1. The number of methoxy groups -OCH3 is 1. The van der Waals surface area contributed by atoms with Crippen LogP contribution in [0.15, 0.2) is 50.5 Å². The van der Waals surface area contributed by atoms with Gasteiger partial charge in [-0.3, -0.25) is 4.99 Å². The molecule has 11 heteroatoms. The van der Waals surface area contributed by atoms with Gasteiger partial charge in [0.1, 0.15) is 33.3 Å². The Bertz CT molecular complexity index is 1380. The van der Waals surface area contributed by atoms with Gasteiger partial charge in [-0.1, -0.05) is 12.1 Å². The van der Waals surface area contributed by atoms with E-state index in [1.807, 2.05) is 6.92 Å². The average Bonchev–Trinajstić information content (AvgIpc) is 3.33. The molecule has 0 radical (unpaired) electrons. The fraction of sp³-hybridized carbons (Fsp3) is 0.391. The van der Waals surface area contributed by atoms with Crippen molar-refractivity contribution in [1.82, 2.24) is 15.1 Å². The van der Waals surface area contributed by atoms with Gasteiger partial charge in [0, 0.05) is 24.2 Å². The molecule has 0 fully saturated rings. The highest BCUT2D eigenvalue weighted by molar-refractivity contribution is 7.95. The number of ether oxygens (including phenoxy) is 1. The molecule has 0 saturated heterocycles. The number of aromatic nitrogens is 3. The first-order valence-electron chi connectivity index (χ1n) is 10.7. The maximum atomic E-state index is 15.2. The van der Waals surface area contributed by atoms with Crippen molar-refractivity contribution in [3.8, 4) is 28.6 Å². The molecular weight excluding hydrogens is 459 g/mol. The number of amidine groups is 1. The van der Waals surface area contributed by atoms with Crippen molar-refractivity contribution >= 4 is 15.6 Å². The van der Waals surface area contributed by atoms with Gasteiger partial charge in [-0.05, 0) is 38.5 Å². The van der Waals surface area contributed by atoms with E-state index in [1.165, 1.54) is 32.6 Å². The molecule has 2 N–H and O–H groups in total. The summed E-state index contributed by atoms with van der Waals surface area (Å²) in [7, 11) is 0.199. The lowest BCUT2D eigenvalue weighted by Gasteiger charge is -2.42. The molecule has 0 spiro atoms. The number of nitrogens with zero attached hydrogens (tertiary/aromatic N) is 5. The summed E-state index contributed by atoms with van der Waals surface area (Å²) < 4.78 is 42.8. The van der Waals surface area contributed by atoms with Gasteiger partial charge in [0.15, 0.2) is 5.76 Å². The van der Waals surface area contributed by atoms with Gasteiger partial charge in [-0.2, -0.15) is 0 Å². The molecule has 1 unspecified atom stereocenters. The Balaban J connectivity index is 1.79. The molecule has 3 heterocycles. The number of benzene rings is 1. The predicted molar refractivity (Wildman–Crippen MR) is 129 cm³/mol. The van der Waals surface area contributed by atoms with Crippen LogP contribution in [0.3, 0.4) is 0 Å². The van der Waals surface area contributed by atoms with Gasteiger partial charge in [0.2, 0.25) is 5.88 Å². The maximum absolute atomic E-state index is 15.2. The quantitative estimate of drug-likeness (QED) is 0.581. The molecular formula is C23H27FN6O3S. The van der Waals surface area contributed by atoms with Crippen LogP contribution in [0, 0.1) is 5.82 Å². The Morgan fingerprint density at radius 2 is 2.00 bits per heavy atom. The van der Waals surface area contributed by atoms with E-state index in [9.17, 15) is 4.21 Å². The summed E-state index contributed by atoms with van der Waals surface area (Å²) in [6.45, 7) is 5.38. The second-order valence-electron chi connectivity index (χ2n) is 8.57. The summed E-state index contributed by atoms with van der Waals surface area (Å²) in [6, 6.07) is 6.27. The highest BCUT2D eigenvalue weighted by Crippen LogP contribution is 2.42. The molecule has 0 amide bonds. The monoisotopic (exact) mass is 486 g/mol. The van der Waals surface area contributed by atoms with E-state index in [0.717, 1.165) is 0 Å². The molecule has 1 aliphatic heterocycles. The van der Waals surface area contributed by atoms with Crippen LogP contribution in [0.25, 0.3) is 22.7 Å². The van der Waals surface area contributed by atoms with Crippen LogP contribution in [0.1, 0.15) is 32.8 Å². The van der Waals surface area contributed by atoms with E-state index < -0.39 is 25.8 Å². The van der Waals surface area contributed by atoms with E-state index in [1.54, 1.807) is 32.0 Å². The largest absolute Gasteiger partial charge is 0.480 e. The summed E-state index contributed by atoms with van der Waals surface area (Å²) in [4.78, 5) is 13.1. The zero-order valence-corrected chi connectivity index (χ0v) is 20.5. The third-order valence-electron chi connectivity index (χ3n) is 6.43. The van der Waals surface area contributed by atoms with Crippen LogP contribution in [0.2, 0.25) is 0 Å². The van der Waals surface area contributed by atoms with Gasteiger partial charge in [0.05, 0.1) is 35.0 Å². The number of hydrogen-bond acceptors (Lipinski definition) is 9. The van der Waals surface area contributed by atoms with Crippen LogP contribution in [-0.2, 0) is 15.3 Å². The molecule has 4 rings (SSSR count). The molecule has 2 aromatic heterocycles. The van der Waals surface area contributed by atoms with Crippen molar-refractivity contribution in [2.24, 2.45) is 15.1 Å². The van der Waals surface area contributed by atoms with Crippen molar-refractivity contribution in [2.45, 2.75) is 37.5 Å². The second-order valence-corrected chi connectivity index (χ2v) is 11.5. The van der Waals surface area contributed by atoms with E-state index in [-0.39, 0.29) is 17.2 Å². The Hall–Kier alpha value is -3.34. The van der Waals surface area contributed by atoms with Gasteiger partial charge < -0.3 is 15.0 Å². The number of nitrogens with two attached hydrogens (primary N) is 1. The minimum absolute atomic E-state index is 0.0597. The van der Waals surface area contributed by atoms with Crippen molar-refractivity contribution in [2.75, 3.05) is 19.9 Å². The molecule has 2 atom stereocenters. The fourth-order valence-corrected chi connectivity index (χ4v) is 6.38.